The quantitative estimate of drug-likeness (QED) is 0.313. The first-order valence-corrected chi connectivity index (χ1v) is 12.1. The van der Waals surface area contributed by atoms with Crippen molar-refractivity contribution in [3.05, 3.63) is 74.5 Å². The zero-order valence-electron chi connectivity index (χ0n) is 17.9. The van der Waals surface area contributed by atoms with Gasteiger partial charge in [-0.05, 0) is 62.3 Å². The van der Waals surface area contributed by atoms with E-state index in [0.717, 1.165) is 28.5 Å². The molecule has 1 N–H and O–H groups in total. The fourth-order valence-electron chi connectivity index (χ4n) is 4.04. The number of anilines is 1. The van der Waals surface area contributed by atoms with Gasteiger partial charge in [0, 0.05) is 20.4 Å². The molecule has 6 nitrogen and oxygen atoms in total. The van der Waals surface area contributed by atoms with Crippen LogP contribution in [-0.4, -0.2) is 34.6 Å². The Morgan fingerprint density at radius 2 is 1.73 bits per heavy atom. The molecular weight excluding hydrogens is 504 g/mol. The maximum Gasteiger partial charge on any atom is 0.345 e. The van der Waals surface area contributed by atoms with E-state index >= 15 is 0 Å². The van der Waals surface area contributed by atoms with E-state index in [2.05, 4.69) is 31.1 Å². The van der Waals surface area contributed by atoms with Gasteiger partial charge in [-0.25, -0.2) is 14.8 Å². The van der Waals surface area contributed by atoms with Crippen molar-refractivity contribution >= 4 is 44.4 Å². The number of rotatable bonds is 5. The number of nitrogens with zero attached hydrogens (tertiary/aromatic N) is 3. The number of benzene rings is 2. The summed E-state index contributed by atoms with van der Waals surface area (Å²) < 4.78 is 6.48. The van der Waals surface area contributed by atoms with Crippen LogP contribution in [0.25, 0.3) is 33.5 Å². The van der Waals surface area contributed by atoms with Gasteiger partial charge in [-0.1, -0.05) is 52.2 Å². The van der Waals surface area contributed by atoms with Crippen molar-refractivity contribution in [2.75, 3.05) is 25.1 Å². The van der Waals surface area contributed by atoms with Gasteiger partial charge in [0.05, 0.1) is 23.6 Å². The molecule has 0 radical (unpaired) electrons. The molecular formula is C25H22BrClN4O2. The predicted molar refractivity (Wildman–Crippen MR) is 136 cm³/mol. The first-order chi connectivity index (χ1) is 16.1. The lowest BCUT2D eigenvalue weighted by Gasteiger charge is -2.26. The van der Waals surface area contributed by atoms with E-state index in [0.29, 0.717) is 40.2 Å². The Morgan fingerprint density at radius 3 is 2.52 bits per heavy atom. The Labute approximate surface area is 204 Å². The van der Waals surface area contributed by atoms with Crippen molar-refractivity contribution in [3.63, 3.8) is 0 Å². The molecule has 0 saturated carbocycles. The van der Waals surface area contributed by atoms with Crippen molar-refractivity contribution in [1.29, 1.82) is 0 Å². The summed E-state index contributed by atoms with van der Waals surface area (Å²) in [4.78, 5) is 24.6. The Hall–Kier alpha value is -2.74. The van der Waals surface area contributed by atoms with E-state index in [4.69, 9.17) is 21.0 Å². The maximum absolute atomic E-state index is 12.9. The monoisotopic (exact) mass is 524 g/mol. The van der Waals surface area contributed by atoms with E-state index in [9.17, 15) is 4.79 Å². The normalized spacial score (nSPS) is 14.5. The summed E-state index contributed by atoms with van der Waals surface area (Å²) >= 11 is 9.94. The summed E-state index contributed by atoms with van der Waals surface area (Å²) in [5, 5.41) is 4.73. The number of halogens is 2. The highest BCUT2D eigenvalue weighted by atomic mass is 79.9. The fourth-order valence-corrected chi connectivity index (χ4v) is 4.66. The van der Waals surface area contributed by atoms with E-state index in [1.807, 2.05) is 36.4 Å². The SMILES string of the molecule is O=c1oc2ccc(Br)cc2cc1-c1cc(-c2ccccc2Cl)nc(NCN2CCCCC2)n1. The summed E-state index contributed by atoms with van der Waals surface area (Å²) in [7, 11) is 0. The number of aromatic nitrogens is 2. The van der Waals surface area contributed by atoms with Gasteiger partial charge in [0.15, 0.2) is 0 Å². The molecule has 5 rings (SSSR count). The zero-order valence-corrected chi connectivity index (χ0v) is 20.2. The lowest BCUT2D eigenvalue weighted by molar-refractivity contribution is 0.243. The van der Waals surface area contributed by atoms with Crippen LogP contribution < -0.4 is 10.9 Å². The van der Waals surface area contributed by atoms with Crippen molar-refractivity contribution in [3.8, 4) is 22.5 Å². The molecule has 168 valence electrons. The van der Waals surface area contributed by atoms with Crippen molar-refractivity contribution < 1.29 is 4.42 Å². The van der Waals surface area contributed by atoms with Crippen LogP contribution in [0.4, 0.5) is 5.95 Å². The van der Waals surface area contributed by atoms with Gasteiger partial charge in [0.1, 0.15) is 5.58 Å². The second-order valence-corrected chi connectivity index (χ2v) is 9.41. The summed E-state index contributed by atoms with van der Waals surface area (Å²) in [6.45, 7) is 2.74. The topological polar surface area (TPSA) is 71.3 Å². The minimum atomic E-state index is -0.449. The Kier molecular flexibility index (Phi) is 6.44. The molecule has 1 aliphatic rings. The number of fused-ring (bicyclic) bond motifs is 1. The zero-order chi connectivity index (χ0) is 22.8. The minimum absolute atomic E-state index is 0.373. The van der Waals surface area contributed by atoms with Crippen LogP contribution in [0, 0.1) is 0 Å². The molecule has 0 amide bonds. The maximum atomic E-state index is 12.9. The Bertz CT molecular complexity index is 1370. The molecule has 0 atom stereocenters. The first kappa shape index (κ1) is 22.1. The number of hydrogen-bond donors (Lipinski definition) is 1. The molecule has 1 fully saturated rings. The molecule has 0 bridgehead atoms. The highest BCUT2D eigenvalue weighted by molar-refractivity contribution is 9.10. The van der Waals surface area contributed by atoms with Gasteiger partial charge in [0.25, 0.3) is 0 Å². The third-order valence-corrected chi connectivity index (χ3v) is 6.58. The molecule has 4 aromatic rings. The average molecular weight is 526 g/mol. The molecule has 1 aliphatic heterocycles. The summed E-state index contributed by atoms with van der Waals surface area (Å²) in [6, 6.07) is 16.6. The van der Waals surface area contributed by atoms with Crippen LogP contribution in [0.3, 0.4) is 0 Å². The van der Waals surface area contributed by atoms with Gasteiger partial charge in [-0.15, -0.1) is 0 Å². The van der Waals surface area contributed by atoms with E-state index in [-0.39, 0.29) is 0 Å². The fraction of sp³-hybridized carbons (Fsp3) is 0.240. The lowest BCUT2D eigenvalue weighted by Crippen LogP contribution is -2.34. The molecule has 33 heavy (non-hydrogen) atoms. The standard InChI is InChI=1S/C25H22BrClN4O2/c26-17-8-9-23-16(12-17)13-19(24(32)33-23)22-14-21(18-6-2-3-7-20(18)27)29-25(30-22)28-15-31-10-4-1-5-11-31/h2-3,6-9,12-14H,1,4-5,10-11,15H2,(H,28,29,30). The van der Waals surface area contributed by atoms with Gasteiger partial charge >= 0.3 is 5.63 Å². The molecule has 1 saturated heterocycles. The van der Waals surface area contributed by atoms with Crippen LogP contribution >= 0.6 is 27.5 Å². The molecule has 8 heteroatoms. The number of hydrogen-bond acceptors (Lipinski definition) is 6. The van der Waals surface area contributed by atoms with Crippen molar-refractivity contribution in [1.82, 2.24) is 14.9 Å². The minimum Gasteiger partial charge on any atom is -0.422 e. The molecule has 3 heterocycles. The lowest BCUT2D eigenvalue weighted by atomic mass is 10.1. The van der Waals surface area contributed by atoms with Crippen molar-refractivity contribution in [2.45, 2.75) is 19.3 Å². The molecule has 2 aromatic heterocycles. The molecule has 2 aromatic carbocycles. The third kappa shape index (κ3) is 4.95. The molecule has 0 aliphatic carbocycles. The average Bonchev–Trinajstić information content (AvgIpc) is 2.83. The Balaban J connectivity index is 1.59. The highest BCUT2D eigenvalue weighted by Gasteiger charge is 2.16. The number of piperidine rings is 1. The Morgan fingerprint density at radius 1 is 0.970 bits per heavy atom. The van der Waals surface area contributed by atoms with Crippen LogP contribution in [0.5, 0.6) is 0 Å². The van der Waals surface area contributed by atoms with E-state index in [1.54, 1.807) is 18.2 Å². The number of likely N-dealkylation sites (tertiary alicyclic amines) is 1. The van der Waals surface area contributed by atoms with Crippen molar-refractivity contribution in [2.24, 2.45) is 0 Å². The van der Waals surface area contributed by atoms with Crippen LogP contribution in [0.2, 0.25) is 5.02 Å². The summed E-state index contributed by atoms with van der Waals surface area (Å²) in [6.07, 6.45) is 3.66. The largest absolute Gasteiger partial charge is 0.422 e. The number of nitrogens with one attached hydrogen (secondary N) is 1. The van der Waals surface area contributed by atoms with E-state index < -0.39 is 5.63 Å². The second kappa shape index (κ2) is 9.63. The van der Waals surface area contributed by atoms with Gasteiger partial charge in [-0.3, -0.25) is 4.90 Å². The first-order valence-electron chi connectivity index (χ1n) is 10.9. The summed E-state index contributed by atoms with van der Waals surface area (Å²) in [5.41, 5.74) is 2.35. The molecule has 0 spiro atoms. The van der Waals surface area contributed by atoms with Crippen LogP contribution in [-0.2, 0) is 0 Å². The van der Waals surface area contributed by atoms with Gasteiger partial charge in [0.2, 0.25) is 5.95 Å². The highest BCUT2D eigenvalue weighted by Crippen LogP contribution is 2.30. The smallest absolute Gasteiger partial charge is 0.345 e. The second-order valence-electron chi connectivity index (χ2n) is 8.09. The predicted octanol–water partition coefficient (Wildman–Crippen LogP) is 6.19. The van der Waals surface area contributed by atoms with Gasteiger partial charge in [-0.2, -0.15) is 0 Å². The van der Waals surface area contributed by atoms with Gasteiger partial charge < -0.3 is 9.73 Å². The third-order valence-electron chi connectivity index (χ3n) is 5.76. The van der Waals surface area contributed by atoms with E-state index in [1.165, 1.54) is 19.3 Å². The molecule has 0 unspecified atom stereocenters. The summed E-state index contributed by atoms with van der Waals surface area (Å²) in [5.74, 6) is 0.446. The van der Waals surface area contributed by atoms with Crippen LogP contribution in [0.1, 0.15) is 19.3 Å². The van der Waals surface area contributed by atoms with Crippen LogP contribution in [0.15, 0.2) is 68.3 Å².